The number of aryl methyl sites for hydroxylation is 1. The van der Waals surface area contributed by atoms with Crippen molar-refractivity contribution in [3.63, 3.8) is 0 Å². The van der Waals surface area contributed by atoms with E-state index in [1.165, 1.54) is 23.4 Å². The summed E-state index contributed by atoms with van der Waals surface area (Å²) in [6.07, 6.45) is 0.919. The summed E-state index contributed by atoms with van der Waals surface area (Å²) < 4.78 is 0. The first-order valence-electron chi connectivity index (χ1n) is 7.74. The van der Waals surface area contributed by atoms with Gasteiger partial charge in [-0.1, -0.05) is 31.2 Å². The van der Waals surface area contributed by atoms with E-state index in [2.05, 4.69) is 12.2 Å². The first-order chi connectivity index (χ1) is 11.5. The fourth-order valence-corrected chi connectivity index (χ4v) is 3.07. The van der Waals surface area contributed by atoms with Gasteiger partial charge in [-0.15, -0.1) is 11.8 Å². The van der Waals surface area contributed by atoms with Crippen LogP contribution in [0.25, 0.3) is 0 Å². The summed E-state index contributed by atoms with van der Waals surface area (Å²) in [5.74, 6) is 0.214. The molecule has 5 nitrogen and oxygen atoms in total. The van der Waals surface area contributed by atoms with Crippen LogP contribution in [0.5, 0.6) is 0 Å². The molecule has 126 valence electrons. The van der Waals surface area contributed by atoms with Gasteiger partial charge >= 0.3 is 0 Å². The van der Waals surface area contributed by atoms with Crippen LogP contribution in [0, 0.1) is 10.1 Å². The average molecular weight is 344 g/mol. The van der Waals surface area contributed by atoms with Gasteiger partial charge in [0.15, 0.2) is 0 Å². The molecule has 1 atom stereocenters. The molecule has 0 saturated heterocycles. The number of carbonyl (C=O) groups is 1. The number of nitro benzene ring substituents is 1. The summed E-state index contributed by atoms with van der Waals surface area (Å²) in [5, 5.41) is 13.7. The zero-order valence-electron chi connectivity index (χ0n) is 13.7. The number of nitrogens with one attached hydrogen (secondary N) is 1. The summed E-state index contributed by atoms with van der Waals surface area (Å²) in [5.41, 5.74) is 2.88. The number of hydrogen-bond donors (Lipinski definition) is 1. The van der Waals surface area contributed by atoms with Gasteiger partial charge in [0.25, 0.3) is 5.69 Å². The molecule has 1 N–H and O–H groups in total. The maximum absolute atomic E-state index is 12.1. The molecular formula is C18H20N2O3S. The topological polar surface area (TPSA) is 72.2 Å². The zero-order valence-corrected chi connectivity index (χ0v) is 14.5. The van der Waals surface area contributed by atoms with Crippen LogP contribution in [0.2, 0.25) is 0 Å². The SMILES string of the molecule is CCc1cccc(NC(=O)CS[C@@H](C)c2cccc([N+](=O)[O-])c2)c1. The Morgan fingerprint density at radius 2 is 2.00 bits per heavy atom. The third-order valence-corrected chi connectivity index (χ3v) is 4.83. The molecule has 2 aromatic rings. The number of amides is 1. The second kappa shape index (κ2) is 8.49. The Morgan fingerprint density at radius 3 is 2.71 bits per heavy atom. The van der Waals surface area contributed by atoms with E-state index >= 15 is 0 Å². The Morgan fingerprint density at radius 1 is 1.25 bits per heavy atom. The molecule has 0 aliphatic carbocycles. The highest BCUT2D eigenvalue weighted by Gasteiger charge is 2.13. The monoisotopic (exact) mass is 344 g/mol. The summed E-state index contributed by atoms with van der Waals surface area (Å²) in [7, 11) is 0. The Labute approximate surface area is 145 Å². The predicted molar refractivity (Wildman–Crippen MR) is 98.4 cm³/mol. The fourth-order valence-electron chi connectivity index (χ4n) is 2.25. The number of non-ortho nitro benzene ring substituents is 1. The van der Waals surface area contributed by atoms with Crippen molar-refractivity contribution in [1.82, 2.24) is 0 Å². The summed E-state index contributed by atoms with van der Waals surface area (Å²) >= 11 is 1.45. The second-order valence-electron chi connectivity index (χ2n) is 5.41. The van der Waals surface area contributed by atoms with Crippen molar-refractivity contribution in [1.29, 1.82) is 0 Å². The lowest BCUT2D eigenvalue weighted by atomic mass is 10.1. The minimum Gasteiger partial charge on any atom is -0.325 e. The molecule has 0 saturated carbocycles. The van der Waals surface area contributed by atoms with Crippen LogP contribution in [-0.4, -0.2) is 16.6 Å². The highest BCUT2D eigenvalue weighted by molar-refractivity contribution is 8.00. The van der Waals surface area contributed by atoms with Crippen molar-refractivity contribution in [2.45, 2.75) is 25.5 Å². The van der Waals surface area contributed by atoms with Crippen LogP contribution in [0.15, 0.2) is 48.5 Å². The van der Waals surface area contributed by atoms with Crippen molar-refractivity contribution in [2.24, 2.45) is 0 Å². The van der Waals surface area contributed by atoms with Crippen LogP contribution in [-0.2, 0) is 11.2 Å². The molecule has 2 aromatic carbocycles. The van der Waals surface area contributed by atoms with Crippen LogP contribution in [0.4, 0.5) is 11.4 Å². The van der Waals surface area contributed by atoms with E-state index < -0.39 is 4.92 Å². The molecule has 0 heterocycles. The van der Waals surface area contributed by atoms with E-state index in [0.29, 0.717) is 5.75 Å². The molecule has 24 heavy (non-hydrogen) atoms. The van der Waals surface area contributed by atoms with E-state index in [0.717, 1.165) is 17.7 Å². The van der Waals surface area contributed by atoms with Gasteiger partial charge < -0.3 is 5.32 Å². The Kier molecular flexibility index (Phi) is 6.37. The quantitative estimate of drug-likeness (QED) is 0.589. The maximum atomic E-state index is 12.1. The molecule has 0 spiro atoms. The normalized spacial score (nSPS) is 11.8. The number of carbonyl (C=O) groups excluding carboxylic acids is 1. The van der Waals surface area contributed by atoms with E-state index in [1.54, 1.807) is 12.1 Å². The second-order valence-corrected chi connectivity index (χ2v) is 6.74. The van der Waals surface area contributed by atoms with Crippen molar-refractivity contribution < 1.29 is 9.72 Å². The van der Waals surface area contributed by atoms with Gasteiger partial charge in [0.05, 0.1) is 10.7 Å². The fraction of sp³-hybridized carbons (Fsp3) is 0.278. The number of anilines is 1. The summed E-state index contributed by atoms with van der Waals surface area (Å²) in [6, 6.07) is 14.3. The van der Waals surface area contributed by atoms with Crippen LogP contribution in [0.1, 0.15) is 30.2 Å². The Hall–Kier alpha value is -2.34. The standard InChI is InChI=1S/C18H20N2O3S/c1-3-14-6-4-8-16(10-14)19-18(21)12-24-13(2)15-7-5-9-17(11-15)20(22)23/h4-11,13H,3,12H2,1-2H3,(H,19,21)/t13-/m0/s1. The summed E-state index contributed by atoms with van der Waals surface area (Å²) in [4.78, 5) is 22.5. The van der Waals surface area contributed by atoms with Gasteiger partial charge in [0.1, 0.15) is 0 Å². The molecule has 0 aromatic heterocycles. The van der Waals surface area contributed by atoms with Gasteiger partial charge in [0.2, 0.25) is 5.91 Å². The molecule has 0 radical (unpaired) electrons. The minimum atomic E-state index is -0.408. The van der Waals surface area contributed by atoms with Crippen molar-refractivity contribution >= 4 is 29.0 Å². The van der Waals surface area contributed by atoms with E-state index in [-0.39, 0.29) is 16.8 Å². The maximum Gasteiger partial charge on any atom is 0.269 e. The molecular weight excluding hydrogens is 324 g/mol. The third-order valence-electron chi connectivity index (χ3n) is 3.63. The molecule has 1 amide bonds. The van der Waals surface area contributed by atoms with Gasteiger partial charge in [-0.2, -0.15) is 0 Å². The minimum absolute atomic E-state index is 0.00220. The summed E-state index contributed by atoms with van der Waals surface area (Å²) in [6.45, 7) is 4.01. The van der Waals surface area contributed by atoms with Gasteiger partial charge in [-0.05, 0) is 36.6 Å². The molecule has 0 unspecified atom stereocenters. The van der Waals surface area contributed by atoms with E-state index in [9.17, 15) is 14.9 Å². The Bertz CT molecular complexity index is 734. The molecule has 0 aliphatic heterocycles. The number of rotatable bonds is 7. The van der Waals surface area contributed by atoms with Crippen LogP contribution < -0.4 is 5.32 Å². The molecule has 2 rings (SSSR count). The molecule has 6 heteroatoms. The largest absolute Gasteiger partial charge is 0.325 e. The van der Waals surface area contributed by atoms with E-state index in [1.807, 2.05) is 37.3 Å². The van der Waals surface area contributed by atoms with Crippen LogP contribution in [0.3, 0.4) is 0 Å². The zero-order chi connectivity index (χ0) is 17.5. The number of nitrogens with zero attached hydrogens (tertiary/aromatic N) is 1. The van der Waals surface area contributed by atoms with Gasteiger partial charge in [0, 0.05) is 23.1 Å². The van der Waals surface area contributed by atoms with Crippen molar-refractivity contribution in [2.75, 3.05) is 11.1 Å². The smallest absolute Gasteiger partial charge is 0.269 e. The molecule has 0 fully saturated rings. The van der Waals surface area contributed by atoms with Crippen molar-refractivity contribution in [3.8, 4) is 0 Å². The van der Waals surface area contributed by atoms with Gasteiger partial charge in [-0.3, -0.25) is 14.9 Å². The highest BCUT2D eigenvalue weighted by atomic mass is 32.2. The first kappa shape index (κ1) is 18.0. The lowest BCUT2D eigenvalue weighted by molar-refractivity contribution is -0.384. The van der Waals surface area contributed by atoms with Crippen LogP contribution >= 0.6 is 11.8 Å². The number of nitro groups is 1. The van der Waals surface area contributed by atoms with E-state index in [4.69, 9.17) is 0 Å². The predicted octanol–water partition coefficient (Wildman–Crippen LogP) is 4.59. The number of hydrogen-bond acceptors (Lipinski definition) is 4. The number of benzene rings is 2. The molecule has 0 bridgehead atoms. The lowest BCUT2D eigenvalue weighted by Gasteiger charge is -2.12. The Balaban J connectivity index is 1.91. The average Bonchev–Trinajstić information content (AvgIpc) is 2.60. The number of thioether (sulfide) groups is 1. The lowest BCUT2D eigenvalue weighted by Crippen LogP contribution is -2.14. The van der Waals surface area contributed by atoms with Gasteiger partial charge in [-0.25, -0.2) is 0 Å². The van der Waals surface area contributed by atoms with Crippen molar-refractivity contribution in [3.05, 3.63) is 69.8 Å². The molecule has 0 aliphatic rings. The highest BCUT2D eigenvalue weighted by Crippen LogP contribution is 2.30. The first-order valence-corrected chi connectivity index (χ1v) is 8.79. The third kappa shape index (κ3) is 5.09.